The SMILES string of the molecule is CCC(=O)/C(C)=C1/C[C@H](c2ccccc2)C=C(C(=O)OC)O1. The Bertz CT molecular complexity index is 626. The summed E-state index contributed by atoms with van der Waals surface area (Å²) < 4.78 is 10.4. The maximum Gasteiger partial charge on any atom is 0.373 e. The maximum atomic E-state index is 11.9. The molecular weight excluding hydrogens is 280 g/mol. The molecule has 0 unspecified atom stereocenters. The van der Waals surface area contributed by atoms with E-state index in [1.807, 2.05) is 30.3 Å². The number of benzene rings is 1. The molecule has 0 spiro atoms. The van der Waals surface area contributed by atoms with Gasteiger partial charge in [0.1, 0.15) is 5.76 Å². The molecule has 0 amide bonds. The molecule has 0 saturated carbocycles. The van der Waals surface area contributed by atoms with Gasteiger partial charge in [0.25, 0.3) is 0 Å². The number of hydrogen-bond acceptors (Lipinski definition) is 4. The lowest BCUT2D eigenvalue weighted by Crippen LogP contribution is -2.18. The third-order valence-corrected chi connectivity index (χ3v) is 3.76. The van der Waals surface area contributed by atoms with Gasteiger partial charge in [-0.25, -0.2) is 4.79 Å². The smallest absolute Gasteiger partial charge is 0.373 e. The van der Waals surface area contributed by atoms with E-state index in [-0.39, 0.29) is 17.5 Å². The van der Waals surface area contributed by atoms with Crippen LogP contribution in [0.15, 0.2) is 53.5 Å². The second-order valence-corrected chi connectivity index (χ2v) is 5.17. The van der Waals surface area contributed by atoms with E-state index in [2.05, 4.69) is 0 Å². The highest BCUT2D eigenvalue weighted by Crippen LogP contribution is 2.34. The molecule has 1 aromatic rings. The zero-order chi connectivity index (χ0) is 16.1. The molecule has 1 aromatic carbocycles. The Labute approximate surface area is 130 Å². The van der Waals surface area contributed by atoms with Gasteiger partial charge in [0.2, 0.25) is 5.76 Å². The Morgan fingerprint density at radius 2 is 1.95 bits per heavy atom. The summed E-state index contributed by atoms with van der Waals surface area (Å²) in [7, 11) is 1.31. The fourth-order valence-electron chi connectivity index (χ4n) is 2.42. The van der Waals surface area contributed by atoms with Gasteiger partial charge in [-0.15, -0.1) is 0 Å². The number of ketones is 1. The molecule has 0 bridgehead atoms. The number of hydrogen-bond donors (Lipinski definition) is 0. The van der Waals surface area contributed by atoms with E-state index in [0.29, 0.717) is 24.2 Å². The van der Waals surface area contributed by atoms with Crippen LogP contribution in [-0.2, 0) is 19.1 Å². The van der Waals surface area contributed by atoms with Gasteiger partial charge in [-0.3, -0.25) is 4.79 Å². The standard InChI is InChI=1S/C18H20O4/c1-4-15(19)12(2)16-10-14(13-8-6-5-7-9-13)11-17(22-16)18(20)21-3/h5-9,11,14H,4,10H2,1-3H3/b16-12-/t14-/m0/s1. The lowest BCUT2D eigenvalue weighted by atomic mass is 9.90. The molecule has 4 heteroatoms. The molecule has 0 radical (unpaired) electrons. The summed E-state index contributed by atoms with van der Waals surface area (Å²) in [4.78, 5) is 23.8. The number of methoxy groups -OCH3 is 1. The number of ether oxygens (including phenoxy) is 2. The van der Waals surface area contributed by atoms with E-state index in [0.717, 1.165) is 5.56 Å². The number of carbonyl (C=O) groups excluding carboxylic acids is 2. The lowest BCUT2D eigenvalue weighted by Gasteiger charge is -2.24. The van der Waals surface area contributed by atoms with Gasteiger partial charge < -0.3 is 9.47 Å². The van der Waals surface area contributed by atoms with E-state index in [1.54, 1.807) is 19.9 Å². The number of allylic oxidation sites excluding steroid dienone is 3. The monoisotopic (exact) mass is 300 g/mol. The molecular formula is C18H20O4. The van der Waals surface area contributed by atoms with Crippen molar-refractivity contribution in [2.45, 2.75) is 32.6 Å². The Morgan fingerprint density at radius 1 is 1.27 bits per heavy atom. The molecule has 22 heavy (non-hydrogen) atoms. The van der Waals surface area contributed by atoms with E-state index < -0.39 is 5.97 Å². The molecule has 0 N–H and O–H groups in total. The van der Waals surface area contributed by atoms with Gasteiger partial charge in [-0.1, -0.05) is 37.3 Å². The van der Waals surface area contributed by atoms with Crippen molar-refractivity contribution in [1.82, 2.24) is 0 Å². The van der Waals surface area contributed by atoms with Gasteiger partial charge in [0, 0.05) is 24.3 Å². The van der Waals surface area contributed by atoms with Crippen LogP contribution in [0.2, 0.25) is 0 Å². The van der Waals surface area contributed by atoms with E-state index in [4.69, 9.17) is 9.47 Å². The second-order valence-electron chi connectivity index (χ2n) is 5.17. The summed E-state index contributed by atoms with van der Waals surface area (Å²) in [5.41, 5.74) is 1.64. The summed E-state index contributed by atoms with van der Waals surface area (Å²) in [6.45, 7) is 3.55. The average Bonchev–Trinajstić information content (AvgIpc) is 2.59. The highest BCUT2D eigenvalue weighted by atomic mass is 16.6. The normalized spacial score (nSPS) is 19.8. The Balaban J connectivity index is 2.42. The van der Waals surface area contributed by atoms with Crippen LogP contribution in [0.3, 0.4) is 0 Å². The number of rotatable bonds is 4. The van der Waals surface area contributed by atoms with Crippen LogP contribution in [0.25, 0.3) is 0 Å². The Morgan fingerprint density at radius 3 is 2.55 bits per heavy atom. The first-order valence-corrected chi connectivity index (χ1v) is 7.32. The first-order chi connectivity index (χ1) is 10.6. The predicted octanol–water partition coefficient (Wildman–Crippen LogP) is 3.50. The average molecular weight is 300 g/mol. The molecule has 116 valence electrons. The van der Waals surface area contributed by atoms with E-state index in [1.165, 1.54) is 7.11 Å². The van der Waals surface area contributed by atoms with Crippen molar-refractivity contribution in [3.05, 3.63) is 59.1 Å². The molecule has 0 aliphatic carbocycles. The first kappa shape index (κ1) is 16.0. The second kappa shape index (κ2) is 7.07. The Kier molecular flexibility index (Phi) is 5.15. The zero-order valence-electron chi connectivity index (χ0n) is 13.1. The molecule has 1 aliphatic heterocycles. The summed E-state index contributed by atoms with van der Waals surface area (Å²) in [6, 6.07) is 9.83. The summed E-state index contributed by atoms with van der Waals surface area (Å²) in [6.07, 6.45) is 2.72. The van der Waals surface area contributed by atoms with Crippen LogP contribution in [-0.4, -0.2) is 18.9 Å². The molecule has 0 fully saturated rings. The fourth-order valence-corrected chi connectivity index (χ4v) is 2.42. The summed E-state index contributed by atoms with van der Waals surface area (Å²) >= 11 is 0. The van der Waals surface area contributed by atoms with Crippen LogP contribution in [0.4, 0.5) is 0 Å². The van der Waals surface area contributed by atoms with E-state index >= 15 is 0 Å². The van der Waals surface area contributed by atoms with Gasteiger partial charge in [0.15, 0.2) is 5.78 Å². The van der Waals surface area contributed by atoms with Gasteiger partial charge >= 0.3 is 5.97 Å². The van der Waals surface area contributed by atoms with Crippen molar-refractivity contribution >= 4 is 11.8 Å². The van der Waals surface area contributed by atoms with Crippen LogP contribution in [0.5, 0.6) is 0 Å². The molecule has 2 rings (SSSR count). The maximum absolute atomic E-state index is 11.9. The minimum atomic E-state index is -0.533. The van der Waals surface area contributed by atoms with Crippen LogP contribution in [0, 0.1) is 0 Å². The third kappa shape index (κ3) is 3.45. The molecule has 1 aliphatic rings. The van der Waals surface area contributed by atoms with Gasteiger partial charge in [-0.2, -0.15) is 0 Å². The van der Waals surface area contributed by atoms with Crippen molar-refractivity contribution in [1.29, 1.82) is 0 Å². The van der Waals surface area contributed by atoms with Crippen molar-refractivity contribution in [2.24, 2.45) is 0 Å². The summed E-state index contributed by atoms with van der Waals surface area (Å²) in [5, 5.41) is 0. The highest BCUT2D eigenvalue weighted by molar-refractivity contribution is 5.95. The predicted molar refractivity (Wildman–Crippen MR) is 83.0 cm³/mol. The van der Waals surface area contributed by atoms with Crippen LogP contribution < -0.4 is 0 Å². The molecule has 0 aromatic heterocycles. The highest BCUT2D eigenvalue weighted by Gasteiger charge is 2.27. The van der Waals surface area contributed by atoms with Crippen molar-refractivity contribution in [3.63, 3.8) is 0 Å². The molecule has 0 saturated heterocycles. The minimum Gasteiger partial charge on any atom is -0.463 e. The number of esters is 1. The fraction of sp³-hybridized carbons (Fsp3) is 0.333. The Hall–Kier alpha value is -2.36. The van der Waals surface area contributed by atoms with Gasteiger partial charge in [0.05, 0.1) is 7.11 Å². The zero-order valence-corrected chi connectivity index (χ0v) is 13.1. The van der Waals surface area contributed by atoms with Crippen LogP contribution in [0.1, 0.15) is 38.2 Å². The molecule has 1 heterocycles. The third-order valence-electron chi connectivity index (χ3n) is 3.76. The molecule has 4 nitrogen and oxygen atoms in total. The lowest BCUT2D eigenvalue weighted by molar-refractivity contribution is -0.139. The number of Topliss-reactive ketones (excluding diaryl/α,β-unsaturated/α-hetero) is 1. The van der Waals surface area contributed by atoms with Gasteiger partial charge in [-0.05, 0) is 18.6 Å². The summed E-state index contributed by atoms with van der Waals surface area (Å²) in [5.74, 6) is 0.158. The van der Waals surface area contributed by atoms with Crippen molar-refractivity contribution in [3.8, 4) is 0 Å². The number of carbonyl (C=O) groups is 2. The topological polar surface area (TPSA) is 52.6 Å². The quantitative estimate of drug-likeness (QED) is 0.631. The first-order valence-electron chi connectivity index (χ1n) is 7.32. The molecule has 1 atom stereocenters. The van der Waals surface area contributed by atoms with E-state index in [9.17, 15) is 9.59 Å². The van der Waals surface area contributed by atoms with Crippen LogP contribution >= 0.6 is 0 Å². The minimum absolute atomic E-state index is 0.0151. The van der Waals surface area contributed by atoms with Crippen molar-refractivity contribution < 1.29 is 19.1 Å². The largest absolute Gasteiger partial charge is 0.463 e. The van der Waals surface area contributed by atoms with Crippen molar-refractivity contribution in [2.75, 3.05) is 7.11 Å².